The number of esters is 1. The van der Waals surface area contributed by atoms with Gasteiger partial charge in [-0.1, -0.05) is 11.3 Å². The molecule has 2 aromatic carbocycles. The summed E-state index contributed by atoms with van der Waals surface area (Å²) in [7, 11) is 0. The average Bonchev–Trinajstić information content (AvgIpc) is 2.98. The molecule has 0 aliphatic carbocycles. The molecule has 6 nitrogen and oxygen atoms in total. The normalized spacial score (nSPS) is 11.9. The Morgan fingerprint density at radius 1 is 1.17 bits per heavy atom. The average molecular weight is 434 g/mol. The number of nitrogens with zero attached hydrogens (tertiary/aromatic N) is 2. The SMILES string of the molecule is CCOC(=O)Cn1c(=NC(=O)c2ccc(OC(C)C)cc2)sc2cc(F)cc(F)c21. The standard InChI is InChI=1S/C21H20F2N2O4S/c1-4-28-18(26)11-25-19-16(23)9-14(22)10-17(19)30-21(25)24-20(27)13-5-7-15(8-6-13)29-12(2)3/h5-10,12H,4,11H2,1-3H3. The van der Waals surface area contributed by atoms with E-state index in [0.717, 1.165) is 23.5 Å². The molecule has 0 unspecified atom stereocenters. The van der Waals surface area contributed by atoms with E-state index in [1.54, 1.807) is 31.2 Å². The van der Waals surface area contributed by atoms with Crippen molar-refractivity contribution in [1.29, 1.82) is 0 Å². The fourth-order valence-corrected chi connectivity index (χ4v) is 3.86. The number of amides is 1. The summed E-state index contributed by atoms with van der Waals surface area (Å²) in [4.78, 5) is 28.7. The highest BCUT2D eigenvalue weighted by molar-refractivity contribution is 7.16. The number of aromatic nitrogens is 1. The molecule has 9 heteroatoms. The zero-order chi connectivity index (χ0) is 21.8. The van der Waals surface area contributed by atoms with E-state index >= 15 is 0 Å². The van der Waals surface area contributed by atoms with Crippen LogP contribution in [-0.4, -0.2) is 29.2 Å². The maximum absolute atomic E-state index is 14.4. The van der Waals surface area contributed by atoms with Crippen LogP contribution in [0.15, 0.2) is 41.4 Å². The van der Waals surface area contributed by atoms with E-state index < -0.39 is 23.5 Å². The summed E-state index contributed by atoms with van der Waals surface area (Å²) in [5.74, 6) is -2.21. The number of hydrogen-bond acceptors (Lipinski definition) is 5. The Balaban J connectivity index is 2.04. The van der Waals surface area contributed by atoms with E-state index in [4.69, 9.17) is 9.47 Å². The second kappa shape index (κ2) is 9.17. The van der Waals surface area contributed by atoms with E-state index in [9.17, 15) is 18.4 Å². The molecule has 0 radical (unpaired) electrons. The number of ether oxygens (including phenoxy) is 2. The Morgan fingerprint density at radius 2 is 1.87 bits per heavy atom. The van der Waals surface area contributed by atoms with Crippen LogP contribution < -0.4 is 9.54 Å². The zero-order valence-electron chi connectivity index (χ0n) is 16.6. The van der Waals surface area contributed by atoms with Crippen molar-refractivity contribution < 1.29 is 27.8 Å². The van der Waals surface area contributed by atoms with E-state index in [1.165, 1.54) is 4.57 Å². The lowest BCUT2D eigenvalue weighted by Crippen LogP contribution is -2.23. The molecule has 0 saturated carbocycles. The summed E-state index contributed by atoms with van der Waals surface area (Å²) >= 11 is 0.910. The van der Waals surface area contributed by atoms with E-state index in [2.05, 4.69) is 4.99 Å². The van der Waals surface area contributed by atoms with Gasteiger partial charge in [-0.15, -0.1) is 0 Å². The first kappa shape index (κ1) is 21.6. The number of halogens is 2. The van der Waals surface area contributed by atoms with Gasteiger partial charge in [0, 0.05) is 11.6 Å². The van der Waals surface area contributed by atoms with Gasteiger partial charge in [-0.3, -0.25) is 9.59 Å². The van der Waals surface area contributed by atoms with Crippen LogP contribution in [-0.2, 0) is 16.1 Å². The molecule has 3 aromatic rings. The van der Waals surface area contributed by atoms with Gasteiger partial charge in [-0.05, 0) is 51.1 Å². The Bertz CT molecular complexity index is 1150. The second-order valence-electron chi connectivity index (χ2n) is 6.62. The topological polar surface area (TPSA) is 69.9 Å². The molecule has 1 heterocycles. The third kappa shape index (κ3) is 4.91. The van der Waals surface area contributed by atoms with Crippen LogP contribution in [0.25, 0.3) is 10.2 Å². The number of carbonyl (C=O) groups excluding carboxylic acids is 2. The van der Waals surface area contributed by atoms with Crippen molar-refractivity contribution in [3.05, 3.63) is 58.4 Å². The first-order valence-electron chi connectivity index (χ1n) is 9.28. The molecule has 158 valence electrons. The van der Waals surface area contributed by atoms with Gasteiger partial charge in [-0.25, -0.2) is 8.78 Å². The number of hydrogen-bond donors (Lipinski definition) is 0. The highest BCUT2D eigenvalue weighted by atomic mass is 32.1. The summed E-state index contributed by atoms with van der Waals surface area (Å²) < 4.78 is 40.0. The maximum Gasteiger partial charge on any atom is 0.326 e. The lowest BCUT2D eigenvalue weighted by Gasteiger charge is -2.09. The molecule has 0 aliphatic heterocycles. The fourth-order valence-electron chi connectivity index (χ4n) is 2.80. The maximum atomic E-state index is 14.4. The van der Waals surface area contributed by atoms with Crippen LogP contribution in [0.2, 0.25) is 0 Å². The first-order valence-corrected chi connectivity index (χ1v) is 10.1. The summed E-state index contributed by atoms with van der Waals surface area (Å²) in [5, 5.41) is 0. The van der Waals surface area contributed by atoms with Crippen molar-refractivity contribution in [2.75, 3.05) is 6.61 Å². The molecule has 3 rings (SSSR count). The molecule has 0 bridgehead atoms. The summed E-state index contributed by atoms with van der Waals surface area (Å²) in [6.45, 7) is 5.21. The van der Waals surface area contributed by atoms with Gasteiger partial charge in [0.05, 0.1) is 22.9 Å². The molecule has 1 aromatic heterocycles. The lowest BCUT2D eigenvalue weighted by atomic mass is 10.2. The lowest BCUT2D eigenvalue weighted by molar-refractivity contribution is -0.143. The van der Waals surface area contributed by atoms with Gasteiger partial charge in [0.15, 0.2) is 10.6 Å². The molecule has 0 fully saturated rings. The van der Waals surface area contributed by atoms with Gasteiger partial charge < -0.3 is 14.0 Å². The minimum Gasteiger partial charge on any atom is -0.491 e. The third-order valence-corrected chi connectivity index (χ3v) is 4.98. The Kier molecular flexibility index (Phi) is 6.61. The van der Waals surface area contributed by atoms with Gasteiger partial charge in [0.1, 0.15) is 18.1 Å². The minimum absolute atomic E-state index is 0.00749. The van der Waals surface area contributed by atoms with Crippen LogP contribution in [0.4, 0.5) is 8.78 Å². The molecule has 0 saturated heterocycles. The summed E-state index contributed by atoms with van der Waals surface area (Å²) in [5.41, 5.74) is 0.277. The molecular weight excluding hydrogens is 414 g/mol. The predicted molar refractivity (Wildman–Crippen MR) is 108 cm³/mol. The van der Waals surface area contributed by atoms with Gasteiger partial charge in [0.2, 0.25) is 0 Å². The van der Waals surface area contributed by atoms with Crippen molar-refractivity contribution >= 4 is 33.4 Å². The highest BCUT2D eigenvalue weighted by Gasteiger charge is 2.17. The fraction of sp³-hybridized carbons (Fsp3) is 0.286. The van der Waals surface area contributed by atoms with Crippen LogP contribution >= 0.6 is 11.3 Å². The van der Waals surface area contributed by atoms with Gasteiger partial charge in [-0.2, -0.15) is 4.99 Å². The Labute approximate surface area is 175 Å². The largest absolute Gasteiger partial charge is 0.491 e. The Morgan fingerprint density at radius 3 is 2.50 bits per heavy atom. The van der Waals surface area contributed by atoms with Crippen molar-refractivity contribution in [3.63, 3.8) is 0 Å². The van der Waals surface area contributed by atoms with Crippen molar-refractivity contribution in [2.45, 2.75) is 33.4 Å². The smallest absolute Gasteiger partial charge is 0.326 e. The van der Waals surface area contributed by atoms with Gasteiger partial charge >= 0.3 is 5.97 Å². The number of fused-ring (bicyclic) bond motifs is 1. The van der Waals surface area contributed by atoms with Crippen LogP contribution in [0.3, 0.4) is 0 Å². The summed E-state index contributed by atoms with van der Waals surface area (Å²) in [6, 6.07) is 8.27. The van der Waals surface area contributed by atoms with E-state index in [0.29, 0.717) is 5.75 Å². The zero-order valence-corrected chi connectivity index (χ0v) is 17.5. The quantitative estimate of drug-likeness (QED) is 0.549. The van der Waals surface area contributed by atoms with Gasteiger partial charge in [0.25, 0.3) is 5.91 Å². The van der Waals surface area contributed by atoms with Crippen molar-refractivity contribution in [1.82, 2.24) is 4.57 Å². The number of thiazole rings is 1. The summed E-state index contributed by atoms with van der Waals surface area (Å²) in [6.07, 6.45) is -0.00749. The molecule has 0 aliphatic rings. The third-order valence-electron chi connectivity index (χ3n) is 3.96. The molecule has 1 amide bonds. The van der Waals surface area contributed by atoms with Crippen LogP contribution in [0.1, 0.15) is 31.1 Å². The van der Waals surface area contributed by atoms with Crippen LogP contribution in [0, 0.1) is 11.6 Å². The van der Waals surface area contributed by atoms with Crippen molar-refractivity contribution in [3.8, 4) is 5.75 Å². The minimum atomic E-state index is -0.852. The Hall–Kier alpha value is -3.07. The number of benzene rings is 2. The molecule has 0 atom stereocenters. The molecule has 30 heavy (non-hydrogen) atoms. The monoisotopic (exact) mass is 434 g/mol. The highest BCUT2D eigenvalue weighted by Crippen LogP contribution is 2.23. The first-order chi connectivity index (χ1) is 14.3. The second-order valence-corrected chi connectivity index (χ2v) is 7.63. The molecular formula is C21H20F2N2O4S. The van der Waals surface area contributed by atoms with Crippen molar-refractivity contribution in [2.24, 2.45) is 4.99 Å². The predicted octanol–water partition coefficient (Wildman–Crippen LogP) is 4.07. The molecule has 0 N–H and O–H groups in total. The van der Waals surface area contributed by atoms with E-state index in [1.807, 2.05) is 13.8 Å². The molecule has 0 spiro atoms. The van der Waals surface area contributed by atoms with E-state index in [-0.39, 0.29) is 39.8 Å². The number of carbonyl (C=O) groups is 2. The van der Waals surface area contributed by atoms with Crippen LogP contribution in [0.5, 0.6) is 5.75 Å². The number of rotatable bonds is 6.